The fourth-order valence-electron chi connectivity index (χ4n) is 3.98. The van der Waals surface area contributed by atoms with Crippen LogP contribution < -0.4 is 10.1 Å². The third-order valence-electron chi connectivity index (χ3n) is 5.83. The first-order valence-electron chi connectivity index (χ1n) is 10.7. The van der Waals surface area contributed by atoms with Crippen LogP contribution in [0, 0.1) is 24.1 Å². The van der Waals surface area contributed by atoms with E-state index in [9.17, 15) is 9.18 Å². The Morgan fingerprint density at radius 2 is 2.06 bits per heavy atom. The summed E-state index contributed by atoms with van der Waals surface area (Å²) in [6, 6.07) is 17.4. The number of halogens is 2. The molecule has 0 amide bonds. The van der Waals surface area contributed by atoms with Crippen molar-refractivity contribution < 1.29 is 13.9 Å². The molecule has 7 heteroatoms. The summed E-state index contributed by atoms with van der Waals surface area (Å²) in [7, 11) is 0. The summed E-state index contributed by atoms with van der Waals surface area (Å²) in [6.45, 7) is 0.202. The number of carbonyl (C=O) groups excluding carboxylic acids is 1. The number of aromatic nitrogens is 2. The number of rotatable bonds is 7. The molecule has 34 heavy (non-hydrogen) atoms. The minimum atomic E-state index is -0.313. The van der Waals surface area contributed by atoms with Crippen molar-refractivity contribution in [1.29, 1.82) is 0 Å². The summed E-state index contributed by atoms with van der Waals surface area (Å²) < 4.78 is 19.1. The zero-order valence-electron chi connectivity index (χ0n) is 18.0. The molecule has 0 saturated heterocycles. The molecule has 0 spiro atoms. The summed E-state index contributed by atoms with van der Waals surface area (Å²) in [4.78, 5) is 20.6. The zero-order valence-corrected chi connectivity index (χ0v) is 18.7. The van der Waals surface area contributed by atoms with E-state index in [2.05, 4.69) is 21.2 Å². The van der Waals surface area contributed by atoms with Gasteiger partial charge in [-0.25, -0.2) is 14.4 Å². The van der Waals surface area contributed by atoms with Gasteiger partial charge in [-0.05, 0) is 71.9 Å². The van der Waals surface area contributed by atoms with Crippen LogP contribution in [0.5, 0.6) is 5.75 Å². The third kappa shape index (κ3) is 4.57. The van der Waals surface area contributed by atoms with Crippen molar-refractivity contribution in [3.8, 4) is 18.1 Å². The average Bonchev–Trinajstić information content (AvgIpc) is 3.64. The second-order valence-electron chi connectivity index (χ2n) is 8.14. The minimum Gasteiger partial charge on any atom is -0.487 e. The van der Waals surface area contributed by atoms with Gasteiger partial charge in [0.25, 0.3) is 0 Å². The Bertz CT molecular complexity index is 1450. The van der Waals surface area contributed by atoms with E-state index >= 15 is 0 Å². The van der Waals surface area contributed by atoms with E-state index in [1.807, 2.05) is 24.3 Å². The van der Waals surface area contributed by atoms with Crippen LogP contribution >= 0.6 is 11.6 Å². The highest BCUT2D eigenvalue weighted by Gasteiger charge is 2.43. The van der Waals surface area contributed by atoms with Crippen LogP contribution in [0.15, 0.2) is 67.0 Å². The van der Waals surface area contributed by atoms with E-state index < -0.39 is 0 Å². The van der Waals surface area contributed by atoms with Crippen molar-refractivity contribution in [2.45, 2.75) is 18.9 Å². The number of fused-ring (bicyclic) bond motifs is 1. The SMILES string of the molecule is C#CC(=O)C1CC1c1ccc2ncnc(Nc3ccc(OCc4cccc(F)c4)c(Cl)c3)c2c1. The largest absolute Gasteiger partial charge is 0.487 e. The first-order valence-corrected chi connectivity index (χ1v) is 11.1. The Morgan fingerprint density at radius 3 is 2.85 bits per heavy atom. The predicted octanol–water partition coefficient (Wildman–Crippen LogP) is 6.05. The molecule has 0 aliphatic heterocycles. The summed E-state index contributed by atoms with van der Waals surface area (Å²) >= 11 is 6.43. The molecule has 168 valence electrons. The van der Waals surface area contributed by atoms with Crippen molar-refractivity contribution in [3.05, 3.63) is 89.0 Å². The maximum absolute atomic E-state index is 13.4. The highest BCUT2D eigenvalue weighted by molar-refractivity contribution is 6.32. The van der Waals surface area contributed by atoms with Crippen LogP contribution in [-0.4, -0.2) is 15.8 Å². The molecule has 1 N–H and O–H groups in total. The molecule has 1 aromatic heterocycles. The van der Waals surface area contributed by atoms with E-state index in [1.165, 1.54) is 18.5 Å². The number of hydrogen-bond acceptors (Lipinski definition) is 5. The van der Waals surface area contributed by atoms with E-state index in [1.54, 1.807) is 24.3 Å². The third-order valence-corrected chi connectivity index (χ3v) is 6.13. The molecule has 1 aliphatic carbocycles. The van der Waals surface area contributed by atoms with Gasteiger partial charge in [0.2, 0.25) is 5.78 Å². The van der Waals surface area contributed by atoms with Crippen LogP contribution in [0.3, 0.4) is 0 Å². The molecule has 1 aliphatic rings. The topological polar surface area (TPSA) is 64.1 Å². The van der Waals surface area contributed by atoms with Gasteiger partial charge in [-0.1, -0.05) is 29.8 Å². The number of ketones is 1. The smallest absolute Gasteiger partial charge is 0.208 e. The first-order chi connectivity index (χ1) is 16.5. The van der Waals surface area contributed by atoms with Crippen LogP contribution in [0.4, 0.5) is 15.9 Å². The normalized spacial score (nSPS) is 16.6. The Balaban J connectivity index is 1.34. The Labute approximate surface area is 201 Å². The zero-order chi connectivity index (χ0) is 23.7. The highest BCUT2D eigenvalue weighted by Crippen LogP contribution is 2.48. The van der Waals surface area contributed by atoms with E-state index in [-0.39, 0.29) is 30.0 Å². The molecule has 2 atom stereocenters. The number of nitrogens with one attached hydrogen (secondary N) is 1. The summed E-state index contributed by atoms with van der Waals surface area (Å²) in [5.74, 6) is 2.89. The fourth-order valence-corrected chi connectivity index (χ4v) is 4.22. The van der Waals surface area contributed by atoms with Gasteiger partial charge in [-0.3, -0.25) is 4.79 Å². The van der Waals surface area contributed by atoms with Crippen molar-refractivity contribution in [1.82, 2.24) is 9.97 Å². The van der Waals surface area contributed by atoms with Gasteiger partial charge >= 0.3 is 0 Å². The van der Waals surface area contributed by atoms with Crippen LogP contribution in [0.1, 0.15) is 23.5 Å². The lowest BCUT2D eigenvalue weighted by molar-refractivity contribution is -0.115. The molecule has 5 rings (SSSR count). The molecule has 1 fully saturated rings. The summed E-state index contributed by atoms with van der Waals surface area (Å²) in [6.07, 6.45) is 7.52. The van der Waals surface area contributed by atoms with E-state index in [0.717, 1.165) is 28.6 Å². The molecule has 2 unspecified atom stereocenters. The number of terminal acetylenes is 1. The lowest BCUT2D eigenvalue weighted by atomic mass is 10.0. The maximum atomic E-state index is 13.4. The van der Waals surface area contributed by atoms with Gasteiger partial charge in [0.1, 0.15) is 30.3 Å². The Hall–Kier alpha value is -3.95. The van der Waals surface area contributed by atoms with Gasteiger partial charge < -0.3 is 10.1 Å². The Kier molecular flexibility index (Phi) is 5.87. The second-order valence-corrected chi connectivity index (χ2v) is 8.55. The average molecular weight is 472 g/mol. The number of carbonyl (C=O) groups is 1. The Morgan fingerprint density at radius 1 is 1.18 bits per heavy atom. The lowest BCUT2D eigenvalue weighted by Crippen LogP contribution is -2.00. The number of hydrogen-bond donors (Lipinski definition) is 1. The molecule has 5 nitrogen and oxygen atoms in total. The van der Waals surface area contributed by atoms with Crippen molar-refractivity contribution >= 4 is 39.8 Å². The molecule has 4 aromatic rings. The molecule has 0 bridgehead atoms. The predicted molar refractivity (Wildman–Crippen MR) is 130 cm³/mol. The number of nitrogens with zero attached hydrogens (tertiary/aromatic N) is 2. The summed E-state index contributed by atoms with van der Waals surface area (Å²) in [5.41, 5.74) is 3.25. The first kappa shape index (κ1) is 21.9. The lowest BCUT2D eigenvalue weighted by Gasteiger charge is -2.12. The van der Waals surface area contributed by atoms with Gasteiger partial charge in [-0.2, -0.15) is 0 Å². The number of benzene rings is 3. The highest BCUT2D eigenvalue weighted by atomic mass is 35.5. The van der Waals surface area contributed by atoms with Gasteiger partial charge in [-0.15, -0.1) is 6.42 Å². The fraction of sp³-hybridized carbons (Fsp3) is 0.148. The van der Waals surface area contributed by atoms with Gasteiger partial charge in [0.05, 0.1) is 10.5 Å². The molecule has 3 aromatic carbocycles. The van der Waals surface area contributed by atoms with Crippen LogP contribution in [0.2, 0.25) is 5.02 Å². The van der Waals surface area contributed by atoms with Gasteiger partial charge in [0, 0.05) is 17.0 Å². The quantitative estimate of drug-likeness (QED) is 0.262. The number of ether oxygens (including phenoxy) is 1. The maximum Gasteiger partial charge on any atom is 0.208 e. The van der Waals surface area contributed by atoms with E-state index in [4.69, 9.17) is 22.8 Å². The molecule has 0 radical (unpaired) electrons. The van der Waals surface area contributed by atoms with Gasteiger partial charge in [0.15, 0.2) is 0 Å². The molecule has 1 saturated carbocycles. The molecular formula is C27H19ClFN3O2. The van der Waals surface area contributed by atoms with Crippen molar-refractivity contribution in [3.63, 3.8) is 0 Å². The van der Waals surface area contributed by atoms with Crippen molar-refractivity contribution in [2.24, 2.45) is 5.92 Å². The monoisotopic (exact) mass is 471 g/mol. The molecule has 1 heterocycles. The van der Waals surface area contributed by atoms with Crippen molar-refractivity contribution in [2.75, 3.05) is 5.32 Å². The molecular weight excluding hydrogens is 453 g/mol. The number of anilines is 2. The van der Waals surface area contributed by atoms with E-state index in [0.29, 0.717) is 22.2 Å². The van der Waals surface area contributed by atoms with Crippen LogP contribution in [0.25, 0.3) is 10.9 Å². The number of Topliss-reactive ketones (excluding diaryl/α,β-unsaturated/α-hetero) is 1. The van der Waals surface area contributed by atoms with Crippen LogP contribution in [-0.2, 0) is 11.4 Å². The second kappa shape index (κ2) is 9.12. The minimum absolute atomic E-state index is 0.109. The summed E-state index contributed by atoms with van der Waals surface area (Å²) in [5, 5.41) is 4.53. The standard InChI is InChI=1S/C27H19ClFN3O2/c1-2-25(33)21-13-20(21)17-6-8-24-22(11-17)27(31-15-30-24)32-19-7-9-26(23(28)12-19)34-14-16-4-3-5-18(29)10-16/h1,3-12,15,20-21H,13-14H2,(H,30,31,32).